The lowest BCUT2D eigenvalue weighted by atomic mass is 9.99. The van der Waals surface area contributed by atoms with Gasteiger partial charge in [0.25, 0.3) is 0 Å². The van der Waals surface area contributed by atoms with E-state index in [0.29, 0.717) is 0 Å². The molecule has 0 bridgehead atoms. The molecule has 0 atom stereocenters. The summed E-state index contributed by atoms with van der Waals surface area (Å²) in [5.74, 6) is 0. The fraction of sp³-hybridized carbons (Fsp3) is 0. The molecule has 0 saturated heterocycles. The van der Waals surface area contributed by atoms with Crippen molar-refractivity contribution in [2.45, 2.75) is 0 Å². The molecule has 0 N–H and O–H groups in total. The van der Waals surface area contributed by atoms with E-state index in [0.717, 1.165) is 5.69 Å². The average Bonchev–Trinajstić information content (AvgIpc) is 3.90. The van der Waals surface area contributed by atoms with E-state index in [1.165, 1.54) is 102 Å². The maximum atomic E-state index is 2.41. The third-order valence-corrected chi connectivity index (χ3v) is 12.6. The van der Waals surface area contributed by atoms with Gasteiger partial charge in [-0.3, -0.25) is 0 Å². The molecular weight excluding hydrogens is 685 g/mol. The second-order valence-electron chi connectivity index (χ2n) is 14.6. The SMILES string of the molecule is c1ccc(-n2c3ccc(-c4ccc5c(c4)sc4ccccc45)cc3c3cc(-c4ccc5c(c4)c4ccccc4n5-c4ccc5ccccc5c4)ccc32)cc1. The highest BCUT2D eigenvalue weighted by Gasteiger charge is 2.17. The molecule has 55 heavy (non-hydrogen) atoms. The van der Waals surface area contributed by atoms with E-state index in [9.17, 15) is 0 Å². The van der Waals surface area contributed by atoms with Crippen LogP contribution >= 0.6 is 11.3 Å². The first-order chi connectivity index (χ1) is 27.2. The minimum atomic E-state index is 1.16. The summed E-state index contributed by atoms with van der Waals surface area (Å²) in [5, 5.41) is 10.2. The van der Waals surface area contributed by atoms with E-state index < -0.39 is 0 Å². The Morgan fingerprint density at radius 2 is 0.782 bits per heavy atom. The van der Waals surface area contributed by atoms with Crippen LogP contribution in [0.25, 0.3) is 108 Å². The van der Waals surface area contributed by atoms with Gasteiger partial charge in [0, 0.05) is 53.1 Å². The molecular formula is C52H32N2S. The number of hydrogen-bond donors (Lipinski definition) is 0. The van der Waals surface area contributed by atoms with E-state index >= 15 is 0 Å². The van der Waals surface area contributed by atoms with E-state index in [1.54, 1.807) is 0 Å². The molecule has 9 aromatic carbocycles. The lowest BCUT2D eigenvalue weighted by Gasteiger charge is -2.10. The lowest BCUT2D eigenvalue weighted by Crippen LogP contribution is -1.94. The first kappa shape index (κ1) is 30.5. The van der Waals surface area contributed by atoms with Crippen LogP contribution in [0.5, 0.6) is 0 Å². The van der Waals surface area contributed by atoms with Crippen LogP contribution in [0.1, 0.15) is 0 Å². The Bertz CT molecular complexity index is 3490. The van der Waals surface area contributed by atoms with E-state index in [1.807, 2.05) is 11.3 Å². The Kier molecular flexibility index (Phi) is 6.54. The van der Waals surface area contributed by atoms with Gasteiger partial charge in [0.1, 0.15) is 0 Å². The first-order valence-corrected chi connectivity index (χ1v) is 19.6. The summed E-state index contributed by atoms with van der Waals surface area (Å²) in [5.41, 5.74) is 12.1. The average molecular weight is 717 g/mol. The van der Waals surface area contributed by atoms with Crippen LogP contribution in [0.2, 0.25) is 0 Å². The highest BCUT2D eigenvalue weighted by molar-refractivity contribution is 7.25. The molecule has 2 nitrogen and oxygen atoms in total. The van der Waals surface area contributed by atoms with Crippen molar-refractivity contribution in [3.63, 3.8) is 0 Å². The van der Waals surface area contributed by atoms with Crippen molar-refractivity contribution >= 4 is 85.9 Å². The Morgan fingerprint density at radius 3 is 1.51 bits per heavy atom. The van der Waals surface area contributed by atoms with Crippen LogP contribution in [0.15, 0.2) is 194 Å². The number of rotatable bonds is 4. The second-order valence-corrected chi connectivity index (χ2v) is 15.6. The predicted molar refractivity (Wildman–Crippen MR) is 236 cm³/mol. The highest BCUT2D eigenvalue weighted by Crippen LogP contribution is 2.41. The van der Waals surface area contributed by atoms with Crippen LogP contribution in [-0.4, -0.2) is 9.13 Å². The predicted octanol–water partition coefficient (Wildman–Crippen LogP) is 14.7. The number of hydrogen-bond acceptors (Lipinski definition) is 1. The summed E-state index contributed by atoms with van der Waals surface area (Å²) < 4.78 is 7.48. The summed E-state index contributed by atoms with van der Waals surface area (Å²) in [4.78, 5) is 0. The Hall–Kier alpha value is -6.94. The largest absolute Gasteiger partial charge is 0.309 e. The number of aromatic nitrogens is 2. The molecule has 0 fully saturated rings. The maximum Gasteiger partial charge on any atom is 0.0541 e. The van der Waals surface area contributed by atoms with Crippen LogP contribution in [0, 0.1) is 0 Å². The molecule has 0 amide bonds. The van der Waals surface area contributed by atoms with Crippen molar-refractivity contribution in [2.24, 2.45) is 0 Å². The molecule has 12 aromatic rings. The second kappa shape index (κ2) is 11.8. The first-order valence-electron chi connectivity index (χ1n) is 18.8. The molecule has 3 heteroatoms. The van der Waals surface area contributed by atoms with Gasteiger partial charge < -0.3 is 9.13 Å². The van der Waals surface area contributed by atoms with Gasteiger partial charge in [-0.1, -0.05) is 115 Å². The fourth-order valence-corrected chi connectivity index (χ4v) is 10.0. The third-order valence-electron chi connectivity index (χ3n) is 11.5. The number of nitrogens with zero attached hydrogens (tertiary/aromatic N) is 2. The van der Waals surface area contributed by atoms with Gasteiger partial charge in [-0.2, -0.15) is 0 Å². The monoisotopic (exact) mass is 716 g/mol. The molecule has 0 aliphatic rings. The molecule has 0 aliphatic carbocycles. The van der Waals surface area contributed by atoms with Crippen molar-refractivity contribution in [1.29, 1.82) is 0 Å². The van der Waals surface area contributed by atoms with Gasteiger partial charge in [-0.05, 0) is 112 Å². The van der Waals surface area contributed by atoms with Crippen molar-refractivity contribution < 1.29 is 0 Å². The summed E-state index contributed by atoms with van der Waals surface area (Å²) in [7, 11) is 0. The minimum Gasteiger partial charge on any atom is -0.309 e. The van der Waals surface area contributed by atoms with Crippen molar-refractivity contribution in [1.82, 2.24) is 9.13 Å². The van der Waals surface area contributed by atoms with Gasteiger partial charge in [0.15, 0.2) is 0 Å². The van der Waals surface area contributed by atoms with Crippen molar-refractivity contribution in [3.05, 3.63) is 194 Å². The van der Waals surface area contributed by atoms with Gasteiger partial charge in [0.05, 0.1) is 22.1 Å². The molecule has 3 aromatic heterocycles. The number of fused-ring (bicyclic) bond motifs is 10. The van der Waals surface area contributed by atoms with Gasteiger partial charge in [-0.15, -0.1) is 11.3 Å². The molecule has 0 radical (unpaired) electrons. The zero-order chi connectivity index (χ0) is 36.0. The zero-order valence-corrected chi connectivity index (χ0v) is 30.6. The maximum absolute atomic E-state index is 2.41. The van der Waals surface area contributed by atoms with E-state index in [4.69, 9.17) is 0 Å². The summed E-state index contributed by atoms with van der Waals surface area (Å²) >= 11 is 1.87. The van der Waals surface area contributed by atoms with Crippen LogP contribution < -0.4 is 0 Å². The molecule has 0 spiro atoms. The number of para-hydroxylation sites is 2. The highest BCUT2D eigenvalue weighted by atomic mass is 32.1. The Morgan fingerprint density at radius 1 is 0.273 bits per heavy atom. The van der Waals surface area contributed by atoms with Crippen LogP contribution in [0.4, 0.5) is 0 Å². The van der Waals surface area contributed by atoms with Gasteiger partial charge in [-0.25, -0.2) is 0 Å². The number of benzene rings is 9. The zero-order valence-electron chi connectivity index (χ0n) is 29.8. The van der Waals surface area contributed by atoms with E-state index in [2.05, 4.69) is 203 Å². The summed E-state index contributed by atoms with van der Waals surface area (Å²) in [6.45, 7) is 0. The molecule has 256 valence electrons. The van der Waals surface area contributed by atoms with Crippen molar-refractivity contribution in [2.75, 3.05) is 0 Å². The third kappa shape index (κ3) is 4.67. The summed E-state index contributed by atoms with van der Waals surface area (Å²) in [6, 6.07) is 71.6. The normalized spacial score (nSPS) is 12.0. The van der Waals surface area contributed by atoms with Crippen LogP contribution in [0.3, 0.4) is 0 Å². The number of thiophene rings is 1. The summed E-state index contributed by atoms with van der Waals surface area (Å²) in [6.07, 6.45) is 0. The quantitative estimate of drug-likeness (QED) is 0.172. The Labute approximate surface area is 321 Å². The Balaban J connectivity index is 1.04. The molecule has 0 saturated carbocycles. The molecule has 12 rings (SSSR count). The molecule has 3 heterocycles. The van der Waals surface area contributed by atoms with Crippen LogP contribution in [-0.2, 0) is 0 Å². The minimum absolute atomic E-state index is 1.16. The van der Waals surface area contributed by atoms with Gasteiger partial charge >= 0.3 is 0 Å². The van der Waals surface area contributed by atoms with E-state index in [-0.39, 0.29) is 0 Å². The lowest BCUT2D eigenvalue weighted by molar-refractivity contribution is 1.18. The molecule has 0 aliphatic heterocycles. The smallest absolute Gasteiger partial charge is 0.0541 e. The standard InChI is InChI=1S/C52H32N2S/c1-2-12-39(13-3-1)53-49-26-21-36(30-45(49)46-31-37(22-27-50(46)53)38-19-24-43-42-15-7-9-17-51(42)55-52(43)32-38)35-20-25-48-44(29-35)41-14-6-8-16-47(41)54(48)40-23-18-33-10-4-5-11-34(33)28-40/h1-32H. The fourth-order valence-electron chi connectivity index (χ4n) is 8.89. The molecule has 0 unspecified atom stereocenters. The van der Waals surface area contributed by atoms with Crippen molar-refractivity contribution in [3.8, 4) is 33.6 Å². The topological polar surface area (TPSA) is 9.86 Å². The van der Waals surface area contributed by atoms with Gasteiger partial charge in [0.2, 0.25) is 0 Å².